The van der Waals surface area contributed by atoms with Crippen molar-refractivity contribution in [1.82, 2.24) is 20.1 Å². The van der Waals surface area contributed by atoms with Gasteiger partial charge in [-0.2, -0.15) is 0 Å². The van der Waals surface area contributed by atoms with Gasteiger partial charge in [0.15, 0.2) is 5.82 Å². The first kappa shape index (κ1) is 15.4. The van der Waals surface area contributed by atoms with Gasteiger partial charge >= 0.3 is 0 Å². The van der Waals surface area contributed by atoms with Crippen molar-refractivity contribution in [2.45, 2.75) is 70.2 Å². The number of aryl methyl sites for hydroxylation is 1. The Morgan fingerprint density at radius 2 is 2.27 bits per heavy atom. The Balaban J connectivity index is 1.63. The average molecular weight is 307 g/mol. The van der Waals surface area contributed by atoms with Crippen LogP contribution in [0, 0.1) is 0 Å². The lowest BCUT2D eigenvalue weighted by Crippen LogP contribution is -2.37. The van der Waals surface area contributed by atoms with Gasteiger partial charge in [-0.05, 0) is 32.6 Å². The fraction of sp³-hybridized carbons (Fsp3) is 0.800. The Bertz CT molecular complexity index is 530. The lowest BCUT2D eigenvalue weighted by Gasteiger charge is -2.18. The van der Waals surface area contributed by atoms with E-state index in [1.54, 1.807) is 0 Å². The number of carbonyl (C=O) groups excluding carboxylic acids is 1. The van der Waals surface area contributed by atoms with Gasteiger partial charge in [0, 0.05) is 19.5 Å². The molecular weight excluding hydrogens is 282 g/mol. The molecule has 1 aromatic heterocycles. The van der Waals surface area contributed by atoms with Crippen molar-refractivity contribution in [2.75, 3.05) is 6.54 Å². The van der Waals surface area contributed by atoms with Crippen molar-refractivity contribution in [3.8, 4) is 0 Å². The van der Waals surface area contributed by atoms with Crippen molar-refractivity contribution < 1.29 is 9.53 Å². The SMILES string of the molecule is C[C@@H](NC(=O)[C@@H]1CC[C@H](CN)O1)c1nnc2n1CCCCC2. The molecule has 3 rings (SSSR count). The van der Waals surface area contributed by atoms with E-state index in [4.69, 9.17) is 10.5 Å². The number of fused-ring (bicyclic) bond motifs is 1. The molecule has 2 aliphatic rings. The molecule has 0 bridgehead atoms. The number of nitrogens with two attached hydrogens (primary N) is 1. The smallest absolute Gasteiger partial charge is 0.249 e. The fourth-order valence-electron chi connectivity index (χ4n) is 3.27. The molecular formula is C15H25N5O2. The Morgan fingerprint density at radius 1 is 1.41 bits per heavy atom. The second kappa shape index (κ2) is 6.75. The van der Waals surface area contributed by atoms with Gasteiger partial charge in [-0.15, -0.1) is 10.2 Å². The Hall–Kier alpha value is -1.47. The molecule has 0 unspecified atom stereocenters. The van der Waals surface area contributed by atoms with Gasteiger partial charge < -0.3 is 20.4 Å². The largest absolute Gasteiger partial charge is 0.364 e. The number of carbonyl (C=O) groups is 1. The van der Waals surface area contributed by atoms with E-state index in [0.29, 0.717) is 6.54 Å². The zero-order valence-corrected chi connectivity index (χ0v) is 13.1. The number of nitrogens with one attached hydrogen (secondary N) is 1. The monoisotopic (exact) mass is 307 g/mol. The third-order valence-electron chi connectivity index (χ3n) is 4.55. The Labute approximate surface area is 130 Å². The second-order valence-corrected chi connectivity index (χ2v) is 6.23. The van der Waals surface area contributed by atoms with E-state index < -0.39 is 0 Å². The van der Waals surface area contributed by atoms with Crippen LogP contribution in [0.15, 0.2) is 0 Å². The first-order valence-corrected chi connectivity index (χ1v) is 8.27. The summed E-state index contributed by atoms with van der Waals surface area (Å²) in [7, 11) is 0. The zero-order valence-electron chi connectivity index (χ0n) is 13.1. The van der Waals surface area contributed by atoms with Crippen LogP contribution in [0.2, 0.25) is 0 Å². The summed E-state index contributed by atoms with van der Waals surface area (Å²) in [5, 5.41) is 11.6. The Morgan fingerprint density at radius 3 is 3.05 bits per heavy atom. The number of amides is 1. The van der Waals surface area contributed by atoms with Crippen molar-refractivity contribution in [3.05, 3.63) is 11.6 Å². The molecule has 0 aromatic carbocycles. The van der Waals surface area contributed by atoms with Gasteiger partial charge in [-0.1, -0.05) is 6.42 Å². The molecule has 0 spiro atoms. The number of nitrogens with zero attached hydrogens (tertiary/aromatic N) is 3. The number of ether oxygens (including phenoxy) is 1. The highest BCUT2D eigenvalue weighted by atomic mass is 16.5. The van der Waals surface area contributed by atoms with E-state index in [1.807, 2.05) is 6.92 Å². The third kappa shape index (κ3) is 3.15. The van der Waals surface area contributed by atoms with Crippen molar-refractivity contribution in [3.63, 3.8) is 0 Å². The average Bonchev–Trinajstić information content (AvgIpc) is 3.09. The van der Waals surface area contributed by atoms with Gasteiger partial charge in [-0.3, -0.25) is 4.79 Å². The summed E-state index contributed by atoms with van der Waals surface area (Å²) in [5.41, 5.74) is 5.59. The lowest BCUT2D eigenvalue weighted by molar-refractivity contribution is -0.132. The molecule has 0 saturated carbocycles. The van der Waals surface area contributed by atoms with Gasteiger partial charge in [0.05, 0.1) is 12.1 Å². The minimum absolute atomic E-state index is 0.00965. The van der Waals surface area contributed by atoms with Crippen LogP contribution in [0.5, 0.6) is 0 Å². The number of hydrogen-bond acceptors (Lipinski definition) is 5. The standard InChI is InChI=1S/C15H25N5O2/c1-10(17-15(21)12-7-6-11(9-16)22-12)14-19-18-13-5-3-2-4-8-20(13)14/h10-12H,2-9,16H2,1H3,(H,17,21)/t10-,11-,12+/m1/s1. The van der Waals surface area contributed by atoms with Crippen molar-refractivity contribution >= 4 is 5.91 Å². The van der Waals surface area contributed by atoms with E-state index in [-0.39, 0.29) is 24.2 Å². The van der Waals surface area contributed by atoms with Crippen molar-refractivity contribution in [1.29, 1.82) is 0 Å². The molecule has 1 amide bonds. The molecule has 7 nitrogen and oxygen atoms in total. The highest BCUT2D eigenvalue weighted by molar-refractivity contribution is 5.81. The van der Waals surface area contributed by atoms with Gasteiger partial charge in [0.2, 0.25) is 5.91 Å². The van der Waals surface area contributed by atoms with Crippen LogP contribution >= 0.6 is 0 Å². The summed E-state index contributed by atoms with van der Waals surface area (Å²) in [6.07, 6.45) is 5.70. The molecule has 1 fully saturated rings. The Kier molecular flexibility index (Phi) is 4.73. The highest BCUT2D eigenvalue weighted by Crippen LogP contribution is 2.21. The third-order valence-corrected chi connectivity index (χ3v) is 4.55. The van der Waals surface area contributed by atoms with Gasteiger partial charge in [0.25, 0.3) is 0 Å². The summed E-state index contributed by atoms with van der Waals surface area (Å²) in [6.45, 7) is 3.36. The highest BCUT2D eigenvalue weighted by Gasteiger charge is 2.31. The zero-order chi connectivity index (χ0) is 15.5. The predicted molar refractivity (Wildman–Crippen MR) is 81.1 cm³/mol. The van der Waals surface area contributed by atoms with Crippen LogP contribution in [-0.4, -0.2) is 39.4 Å². The molecule has 2 aliphatic heterocycles. The molecule has 7 heteroatoms. The number of hydrogen-bond donors (Lipinski definition) is 2. The van der Waals surface area contributed by atoms with Crippen LogP contribution in [-0.2, 0) is 22.5 Å². The van der Waals surface area contributed by atoms with E-state index in [1.165, 1.54) is 6.42 Å². The van der Waals surface area contributed by atoms with Crippen LogP contribution in [0.3, 0.4) is 0 Å². The fourth-order valence-corrected chi connectivity index (χ4v) is 3.27. The van der Waals surface area contributed by atoms with E-state index in [9.17, 15) is 4.79 Å². The maximum Gasteiger partial charge on any atom is 0.249 e. The maximum atomic E-state index is 12.3. The quantitative estimate of drug-likeness (QED) is 0.853. The summed E-state index contributed by atoms with van der Waals surface area (Å²) in [5.74, 6) is 1.81. The molecule has 1 aromatic rings. The van der Waals surface area contributed by atoms with Crippen LogP contribution in [0.25, 0.3) is 0 Å². The number of aromatic nitrogens is 3. The summed E-state index contributed by atoms with van der Waals surface area (Å²) >= 11 is 0. The minimum Gasteiger partial charge on any atom is -0.364 e. The first-order chi connectivity index (χ1) is 10.7. The lowest BCUT2D eigenvalue weighted by atomic mass is 10.2. The normalized spacial score (nSPS) is 26.3. The van der Waals surface area contributed by atoms with Gasteiger partial charge in [-0.25, -0.2) is 0 Å². The van der Waals surface area contributed by atoms with Crippen LogP contribution < -0.4 is 11.1 Å². The molecule has 22 heavy (non-hydrogen) atoms. The van der Waals surface area contributed by atoms with Crippen LogP contribution in [0.4, 0.5) is 0 Å². The van der Waals surface area contributed by atoms with Crippen molar-refractivity contribution in [2.24, 2.45) is 5.73 Å². The van der Waals surface area contributed by atoms with E-state index in [0.717, 1.165) is 50.3 Å². The van der Waals surface area contributed by atoms with E-state index in [2.05, 4.69) is 20.1 Å². The molecule has 1 saturated heterocycles. The summed E-state index contributed by atoms with van der Waals surface area (Å²) in [6, 6.07) is -0.160. The second-order valence-electron chi connectivity index (χ2n) is 6.23. The molecule has 3 N–H and O–H groups in total. The molecule has 3 heterocycles. The molecule has 0 radical (unpaired) electrons. The predicted octanol–water partition coefficient (Wildman–Crippen LogP) is 0.688. The topological polar surface area (TPSA) is 95.1 Å². The summed E-state index contributed by atoms with van der Waals surface area (Å²) < 4.78 is 7.81. The molecule has 122 valence electrons. The minimum atomic E-state index is -0.387. The molecule has 0 aliphatic carbocycles. The molecule has 3 atom stereocenters. The number of rotatable bonds is 4. The maximum absolute atomic E-state index is 12.3. The van der Waals surface area contributed by atoms with Crippen LogP contribution in [0.1, 0.15) is 56.7 Å². The van der Waals surface area contributed by atoms with Gasteiger partial charge in [0.1, 0.15) is 11.9 Å². The van der Waals surface area contributed by atoms with E-state index >= 15 is 0 Å². The summed E-state index contributed by atoms with van der Waals surface area (Å²) in [4.78, 5) is 12.3. The first-order valence-electron chi connectivity index (χ1n) is 8.27.